The minimum atomic E-state index is -0.956. The lowest BCUT2D eigenvalue weighted by Gasteiger charge is -2.37. The average molecular weight is 351 g/mol. The van der Waals surface area contributed by atoms with Crippen molar-refractivity contribution in [1.29, 1.82) is 0 Å². The van der Waals surface area contributed by atoms with Gasteiger partial charge in [0.15, 0.2) is 0 Å². The number of hydrazone groups is 1. The zero-order chi connectivity index (χ0) is 18.1. The van der Waals surface area contributed by atoms with Gasteiger partial charge in [-0.15, -0.1) is 0 Å². The predicted molar refractivity (Wildman–Crippen MR) is 102 cm³/mol. The van der Waals surface area contributed by atoms with Crippen LogP contribution in [-0.2, 0) is 12.8 Å². The van der Waals surface area contributed by atoms with Crippen molar-refractivity contribution in [3.05, 3.63) is 52.6 Å². The number of rotatable bonds is 4. The number of phenolic OH excluding ortho intramolecular Hbond substituents is 1. The highest BCUT2D eigenvalue weighted by atomic mass is 16.4. The Hall–Kier alpha value is -3.02. The van der Waals surface area contributed by atoms with Crippen LogP contribution in [0.2, 0.25) is 0 Å². The van der Waals surface area contributed by atoms with E-state index in [2.05, 4.69) is 15.4 Å². The third kappa shape index (κ3) is 2.98. The first kappa shape index (κ1) is 16.4. The number of carbonyl (C=O) groups is 1. The van der Waals surface area contributed by atoms with Gasteiger partial charge in [0, 0.05) is 29.9 Å². The second-order valence-corrected chi connectivity index (χ2v) is 6.75. The number of carboxylic acids is 1. The van der Waals surface area contributed by atoms with E-state index in [1.165, 1.54) is 23.4 Å². The fraction of sp³-hybridized carbons (Fsp3) is 0.300. The number of benzene rings is 2. The molecule has 2 heterocycles. The molecule has 2 aromatic carbocycles. The fourth-order valence-corrected chi connectivity index (χ4v) is 3.83. The van der Waals surface area contributed by atoms with Crippen LogP contribution < -0.4 is 10.3 Å². The number of nitrogens with zero attached hydrogens (tertiary/aromatic N) is 2. The van der Waals surface area contributed by atoms with E-state index in [1.807, 2.05) is 6.07 Å². The summed E-state index contributed by atoms with van der Waals surface area (Å²) < 4.78 is 0. The van der Waals surface area contributed by atoms with E-state index in [-0.39, 0.29) is 5.56 Å². The standard InChI is InChI=1S/C20H21N3O3/c24-19-15(12-21-22-16-7-5-13(6-8-16)20(25)26)11-14-3-1-9-23-10-2-4-17(19)18(14)23/h5-8,11-12,22,24H,1-4,9-10H2,(H,25,26)/b21-12+. The summed E-state index contributed by atoms with van der Waals surface area (Å²) in [5.41, 5.74) is 8.09. The molecule has 0 atom stereocenters. The SMILES string of the molecule is O=C(O)c1ccc(N/N=C/c2cc3c4c(c2O)CCCN4CCC3)cc1. The number of hydrogen-bond acceptors (Lipinski definition) is 5. The molecule has 0 bridgehead atoms. The number of aryl methyl sites for hydroxylation is 1. The lowest BCUT2D eigenvalue weighted by atomic mass is 9.89. The molecule has 6 heteroatoms. The summed E-state index contributed by atoms with van der Waals surface area (Å²) in [6, 6.07) is 8.40. The first-order valence-corrected chi connectivity index (χ1v) is 8.88. The predicted octanol–water partition coefficient (Wildman–Crippen LogP) is 3.24. The number of aromatic hydroxyl groups is 1. The zero-order valence-corrected chi connectivity index (χ0v) is 14.4. The summed E-state index contributed by atoms with van der Waals surface area (Å²) in [5.74, 6) is -0.635. The number of carboxylic acid groups (broad SMARTS) is 1. The van der Waals surface area contributed by atoms with Crippen molar-refractivity contribution in [1.82, 2.24) is 0 Å². The Labute approximate surface area is 151 Å². The topological polar surface area (TPSA) is 85.2 Å². The molecule has 0 aromatic heterocycles. The van der Waals surface area contributed by atoms with Crippen LogP contribution in [0.5, 0.6) is 5.75 Å². The van der Waals surface area contributed by atoms with Crippen LogP contribution >= 0.6 is 0 Å². The molecule has 0 aliphatic carbocycles. The monoisotopic (exact) mass is 351 g/mol. The Kier molecular flexibility index (Phi) is 4.24. The second kappa shape index (κ2) is 6.71. The highest BCUT2D eigenvalue weighted by Crippen LogP contribution is 2.41. The van der Waals surface area contributed by atoms with E-state index in [1.54, 1.807) is 18.3 Å². The van der Waals surface area contributed by atoms with E-state index >= 15 is 0 Å². The summed E-state index contributed by atoms with van der Waals surface area (Å²) in [5, 5.41) is 23.8. The Morgan fingerprint density at radius 3 is 2.62 bits per heavy atom. The van der Waals surface area contributed by atoms with Crippen molar-refractivity contribution in [2.75, 3.05) is 23.4 Å². The number of phenols is 1. The van der Waals surface area contributed by atoms with Crippen molar-refractivity contribution in [3.63, 3.8) is 0 Å². The van der Waals surface area contributed by atoms with E-state index in [9.17, 15) is 9.90 Å². The third-order valence-corrected chi connectivity index (χ3v) is 5.05. The largest absolute Gasteiger partial charge is 0.507 e. The number of anilines is 2. The Balaban J connectivity index is 1.56. The van der Waals surface area contributed by atoms with Gasteiger partial charge in [-0.3, -0.25) is 5.43 Å². The van der Waals surface area contributed by atoms with Gasteiger partial charge in [-0.05, 0) is 61.6 Å². The summed E-state index contributed by atoms with van der Waals surface area (Å²) in [6.45, 7) is 2.14. The number of hydrogen-bond donors (Lipinski definition) is 3. The smallest absolute Gasteiger partial charge is 0.335 e. The maximum Gasteiger partial charge on any atom is 0.335 e. The summed E-state index contributed by atoms with van der Waals surface area (Å²) in [6.07, 6.45) is 5.77. The molecule has 3 N–H and O–H groups in total. The maximum absolute atomic E-state index is 10.9. The highest BCUT2D eigenvalue weighted by Gasteiger charge is 2.27. The maximum atomic E-state index is 10.9. The molecule has 0 saturated heterocycles. The molecule has 134 valence electrons. The van der Waals surface area contributed by atoms with Crippen molar-refractivity contribution in [2.45, 2.75) is 25.7 Å². The van der Waals surface area contributed by atoms with Gasteiger partial charge in [0.25, 0.3) is 0 Å². The third-order valence-electron chi connectivity index (χ3n) is 5.05. The quantitative estimate of drug-likeness (QED) is 0.582. The van der Waals surface area contributed by atoms with Gasteiger partial charge in [-0.25, -0.2) is 4.79 Å². The van der Waals surface area contributed by atoms with Gasteiger partial charge in [-0.1, -0.05) is 0 Å². The molecule has 0 spiro atoms. The summed E-state index contributed by atoms with van der Waals surface area (Å²) in [4.78, 5) is 13.3. The molecular formula is C20H21N3O3. The Bertz CT molecular complexity index is 873. The number of nitrogens with one attached hydrogen (secondary N) is 1. The van der Waals surface area contributed by atoms with Crippen LogP contribution in [-0.4, -0.2) is 35.5 Å². The van der Waals surface area contributed by atoms with Gasteiger partial charge in [0.05, 0.1) is 17.5 Å². The zero-order valence-electron chi connectivity index (χ0n) is 14.4. The van der Waals surface area contributed by atoms with Crippen molar-refractivity contribution < 1.29 is 15.0 Å². The van der Waals surface area contributed by atoms with Crippen LogP contribution in [0.15, 0.2) is 35.4 Å². The van der Waals surface area contributed by atoms with Crippen molar-refractivity contribution in [2.24, 2.45) is 5.10 Å². The van der Waals surface area contributed by atoms with E-state index in [0.29, 0.717) is 11.4 Å². The first-order chi connectivity index (χ1) is 12.6. The second-order valence-electron chi connectivity index (χ2n) is 6.75. The average Bonchev–Trinajstić information content (AvgIpc) is 2.66. The minimum absolute atomic E-state index is 0.232. The molecule has 2 aliphatic rings. The van der Waals surface area contributed by atoms with Gasteiger partial charge < -0.3 is 15.1 Å². The lowest BCUT2D eigenvalue weighted by molar-refractivity contribution is 0.0697. The normalized spacial score (nSPS) is 15.8. The molecule has 2 aliphatic heterocycles. The molecule has 26 heavy (non-hydrogen) atoms. The van der Waals surface area contributed by atoms with E-state index < -0.39 is 5.97 Å². The molecule has 2 aromatic rings. The minimum Gasteiger partial charge on any atom is -0.507 e. The summed E-state index contributed by atoms with van der Waals surface area (Å²) in [7, 11) is 0. The summed E-state index contributed by atoms with van der Waals surface area (Å²) >= 11 is 0. The van der Waals surface area contributed by atoms with Crippen LogP contribution in [0.4, 0.5) is 11.4 Å². The Morgan fingerprint density at radius 2 is 1.88 bits per heavy atom. The van der Waals surface area contributed by atoms with E-state index in [0.717, 1.165) is 49.9 Å². The van der Waals surface area contributed by atoms with Gasteiger partial charge in [0.2, 0.25) is 0 Å². The molecule has 6 nitrogen and oxygen atoms in total. The lowest BCUT2D eigenvalue weighted by Crippen LogP contribution is -2.34. The van der Waals surface area contributed by atoms with Gasteiger partial charge in [-0.2, -0.15) is 5.10 Å². The van der Waals surface area contributed by atoms with Crippen LogP contribution in [0.1, 0.15) is 39.9 Å². The molecule has 0 unspecified atom stereocenters. The molecular weight excluding hydrogens is 330 g/mol. The first-order valence-electron chi connectivity index (χ1n) is 8.88. The molecule has 4 rings (SSSR count). The molecule has 0 radical (unpaired) electrons. The molecule has 0 fully saturated rings. The number of aromatic carboxylic acids is 1. The molecule has 0 saturated carbocycles. The molecule has 0 amide bonds. The van der Waals surface area contributed by atoms with Gasteiger partial charge >= 0.3 is 5.97 Å². The van der Waals surface area contributed by atoms with Crippen molar-refractivity contribution >= 4 is 23.6 Å². The van der Waals surface area contributed by atoms with Crippen molar-refractivity contribution in [3.8, 4) is 5.75 Å². The van der Waals surface area contributed by atoms with Gasteiger partial charge in [0.1, 0.15) is 5.75 Å². The van der Waals surface area contributed by atoms with Crippen LogP contribution in [0.25, 0.3) is 0 Å². The van der Waals surface area contributed by atoms with E-state index in [4.69, 9.17) is 5.11 Å². The van der Waals surface area contributed by atoms with Crippen LogP contribution in [0, 0.1) is 0 Å². The Morgan fingerprint density at radius 1 is 1.15 bits per heavy atom. The fourth-order valence-electron chi connectivity index (χ4n) is 3.83. The highest BCUT2D eigenvalue weighted by molar-refractivity contribution is 5.89. The van der Waals surface area contributed by atoms with Crippen LogP contribution in [0.3, 0.4) is 0 Å².